The molecule has 1 heterocycles. The molecule has 21 heavy (non-hydrogen) atoms. The Labute approximate surface area is 130 Å². The van der Waals surface area contributed by atoms with Gasteiger partial charge in [-0.1, -0.05) is 47.1 Å². The van der Waals surface area contributed by atoms with Crippen molar-refractivity contribution >= 4 is 33.2 Å². The number of fused-ring (bicyclic) bond motifs is 1. The normalized spacial score (nSPS) is 10.4. The number of rotatable bonds is 1. The zero-order chi connectivity index (χ0) is 14.8. The first-order chi connectivity index (χ1) is 10.2. The van der Waals surface area contributed by atoms with Crippen LogP contribution in [-0.4, -0.2) is 15.7 Å². The van der Waals surface area contributed by atoms with Gasteiger partial charge in [-0.25, -0.2) is 3.96 Å². The van der Waals surface area contributed by atoms with Crippen molar-refractivity contribution in [2.24, 2.45) is 0 Å². The highest BCUT2D eigenvalue weighted by molar-refractivity contribution is 7.14. The molecule has 0 fully saturated rings. The summed E-state index contributed by atoms with van der Waals surface area (Å²) in [6.45, 7) is -0.233. The molecular weight excluding hydrogens is 306 g/mol. The summed E-state index contributed by atoms with van der Waals surface area (Å²) in [5.74, 6) is 5.45. The molecule has 0 aliphatic carbocycles. The van der Waals surface area contributed by atoms with E-state index in [0.29, 0.717) is 21.7 Å². The molecule has 0 radical (unpaired) electrons. The summed E-state index contributed by atoms with van der Waals surface area (Å²) in [6, 6.07) is 12.6. The van der Waals surface area contributed by atoms with Crippen molar-refractivity contribution in [2.75, 3.05) is 6.61 Å². The molecule has 5 heteroatoms. The fourth-order valence-electron chi connectivity index (χ4n) is 2.04. The molecule has 0 saturated carbocycles. The van der Waals surface area contributed by atoms with Gasteiger partial charge in [-0.2, -0.15) is 0 Å². The van der Waals surface area contributed by atoms with Crippen molar-refractivity contribution in [1.82, 2.24) is 3.96 Å². The van der Waals surface area contributed by atoms with E-state index < -0.39 is 0 Å². The molecular formula is C16H10ClNO2S. The Morgan fingerprint density at radius 2 is 2.05 bits per heavy atom. The molecule has 0 aliphatic rings. The lowest BCUT2D eigenvalue weighted by atomic mass is 10.2. The number of nitrogens with zero attached hydrogens (tertiary/aromatic N) is 1. The van der Waals surface area contributed by atoms with Crippen LogP contribution in [0.2, 0.25) is 5.02 Å². The summed E-state index contributed by atoms with van der Waals surface area (Å²) >= 11 is 7.39. The number of hydrogen-bond acceptors (Lipinski definition) is 3. The van der Waals surface area contributed by atoms with Crippen molar-refractivity contribution < 1.29 is 5.11 Å². The van der Waals surface area contributed by atoms with Crippen molar-refractivity contribution in [3.05, 3.63) is 63.4 Å². The highest BCUT2D eigenvalue weighted by Crippen LogP contribution is 2.24. The molecule has 0 unspecified atom stereocenters. The zero-order valence-electron chi connectivity index (χ0n) is 10.8. The van der Waals surface area contributed by atoms with E-state index >= 15 is 0 Å². The second-order valence-corrected chi connectivity index (χ2v) is 5.73. The average Bonchev–Trinajstić information content (AvgIpc) is 2.83. The van der Waals surface area contributed by atoms with Gasteiger partial charge in [0, 0.05) is 10.6 Å². The fraction of sp³-hybridized carbons (Fsp3) is 0.0625. The standard InChI is InChI=1S/C16H10ClNO2S/c17-12-8-7-11(4-3-9-19)14(10-12)18-16(20)13-5-1-2-6-15(13)21-18/h1-2,5-8,10,19H,9H2. The molecule has 0 spiro atoms. The maximum atomic E-state index is 12.5. The molecule has 2 aromatic carbocycles. The van der Waals surface area contributed by atoms with Gasteiger partial charge in [-0.15, -0.1) is 0 Å². The molecule has 0 saturated heterocycles. The minimum Gasteiger partial charge on any atom is -0.384 e. The molecule has 1 aromatic heterocycles. The van der Waals surface area contributed by atoms with Crippen LogP contribution >= 0.6 is 23.1 Å². The van der Waals surface area contributed by atoms with E-state index in [-0.39, 0.29) is 12.2 Å². The first kappa shape index (κ1) is 13.9. The Bertz CT molecular complexity index is 931. The minimum atomic E-state index is -0.233. The number of aliphatic hydroxyl groups is 1. The van der Waals surface area contributed by atoms with Crippen molar-refractivity contribution in [2.45, 2.75) is 0 Å². The monoisotopic (exact) mass is 315 g/mol. The van der Waals surface area contributed by atoms with E-state index in [9.17, 15) is 4.79 Å². The molecule has 0 amide bonds. The number of hydrogen-bond donors (Lipinski definition) is 1. The van der Waals surface area contributed by atoms with E-state index in [1.165, 1.54) is 11.5 Å². The molecule has 0 aliphatic heterocycles. The quantitative estimate of drug-likeness (QED) is 0.701. The zero-order valence-corrected chi connectivity index (χ0v) is 12.4. The third kappa shape index (κ3) is 2.59. The lowest BCUT2D eigenvalue weighted by Gasteiger charge is -2.04. The van der Waals surface area contributed by atoms with Gasteiger partial charge in [0.15, 0.2) is 0 Å². The molecule has 0 atom stereocenters. The first-order valence-corrected chi connectivity index (χ1v) is 7.36. The summed E-state index contributed by atoms with van der Waals surface area (Å²) in [4.78, 5) is 12.5. The number of aromatic nitrogens is 1. The Morgan fingerprint density at radius 1 is 1.24 bits per heavy atom. The lowest BCUT2D eigenvalue weighted by Crippen LogP contribution is -2.12. The minimum absolute atomic E-state index is 0.0927. The van der Waals surface area contributed by atoms with Crippen molar-refractivity contribution in [1.29, 1.82) is 0 Å². The summed E-state index contributed by atoms with van der Waals surface area (Å²) in [6.07, 6.45) is 0. The van der Waals surface area contributed by atoms with E-state index in [4.69, 9.17) is 16.7 Å². The maximum Gasteiger partial charge on any atom is 0.273 e. The van der Waals surface area contributed by atoms with Gasteiger partial charge in [-0.3, -0.25) is 4.79 Å². The van der Waals surface area contributed by atoms with Crippen LogP contribution in [0, 0.1) is 11.8 Å². The maximum absolute atomic E-state index is 12.5. The Kier molecular flexibility index (Phi) is 3.80. The second kappa shape index (κ2) is 5.74. The van der Waals surface area contributed by atoms with Gasteiger partial charge in [0.05, 0.1) is 15.8 Å². The van der Waals surface area contributed by atoms with Gasteiger partial charge in [0.2, 0.25) is 0 Å². The van der Waals surface area contributed by atoms with Gasteiger partial charge in [-0.05, 0) is 30.3 Å². The summed E-state index contributed by atoms with van der Waals surface area (Å²) in [7, 11) is 0. The smallest absolute Gasteiger partial charge is 0.273 e. The van der Waals surface area contributed by atoms with E-state index in [1.807, 2.05) is 18.2 Å². The van der Waals surface area contributed by atoms with Crippen LogP contribution < -0.4 is 5.56 Å². The van der Waals surface area contributed by atoms with Gasteiger partial charge < -0.3 is 5.11 Å². The molecule has 104 valence electrons. The molecule has 3 aromatic rings. The summed E-state index contributed by atoms with van der Waals surface area (Å²) < 4.78 is 2.49. The highest BCUT2D eigenvalue weighted by Gasteiger charge is 2.11. The topological polar surface area (TPSA) is 42.2 Å². The van der Waals surface area contributed by atoms with Crippen LogP contribution in [0.3, 0.4) is 0 Å². The molecule has 1 N–H and O–H groups in total. The SMILES string of the molecule is O=c1c2ccccc2sn1-c1cc(Cl)ccc1C#CCO. The van der Waals surface area contributed by atoms with E-state index in [0.717, 1.165) is 4.70 Å². The third-order valence-corrected chi connectivity index (χ3v) is 4.31. The third-order valence-electron chi connectivity index (χ3n) is 2.97. The van der Waals surface area contributed by atoms with Gasteiger partial charge >= 0.3 is 0 Å². The summed E-state index contributed by atoms with van der Waals surface area (Å²) in [5, 5.41) is 10.0. The lowest BCUT2D eigenvalue weighted by molar-refractivity contribution is 0.350. The predicted molar refractivity (Wildman–Crippen MR) is 86.4 cm³/mol. The van der Waals surface area contributed by atoms with Crippen molar-refractivity contribution in [3.63, 3.8) is 0 Å². The van der Waals surface area contributed by atoms with E-state index in [2.05, 4.69) is 11.8 Å². The Balaban J connectivity index is 2.29. The number of aliphatic hydroxyl groups excluding tert-OH is 1. The largest absolute Gasteiger partial charge is 0.384 e. The average molecular weight is 316 g/mol. The van der Waals surface area contributed by atoms with Crippen molar-refractivity contribution in [3.8, 4) is 17.5 Å². The Morgan fingerprint density at radius 3 is 2.81 bits per heavy atom. The van der Waals surface area contributed by atoms with Crippen LogP contribution in [-0.2, 0) is 0 Å². The second-order valence-electron chi connectivity index (χ2n) is 4.31. The number of halogens is 1. The van der Waals surface area contributed by atoms with E-state index in [1.54, 1.807) is 28.2 Å². The van der Waals surface area contributed by atoms with Crippen LogP contribution in [0.1, 0.15) is 5.56 Å². The Hall–Kier alpha value is -2.06. The molecule has 3 rings (SSSR count). The van der Waals surface area contributed by atoms with Gasteiger partial charge in [0.1, 0.15) is 6.61 Å². The van der Waals surface area contributed by atoms with Crippen LogP contribution in [0.25, 0.3) is 15.8 Å². The fourth-order valence-corrected chi connectivity index (χ4v) is 3.23. The highest BCUT2D eigenvalue weighted by atomic mass is 35.5. The van der Waals surface area contributed by atoms with Crippen LogP contribution in [0.5, 0.6) is 0 Å². The summed E-state index contributed by atoms with van der Waals surface area (Å²) in [5.41, 5.74) is 1.20. The first-order valence-electron chi connectivity index (χ1n) is 6.21. The van der Waals surface area contributed by atoms with Crippen LogP contribution in [0.15, 0.2) is 47.3 Å². The number of benzene rings is 2. The predicted octanol–water partition coefficient (Wildman–Crippen LogP) is 3.05. The molecule has 0 bridgehead atoms. The van der Waals surface area contributed by atoms with Gasteiger partial charge in [0.25, 0.3) is 5.56 Å². The molecule has 3 nitrogen and oxygen atoms in total. The van der Waals surface area contributed by atoms with Crippen LogP contribution in [0.4, 0.5) is 0 Å².